The highest BCUT2D eigenvalue weighted by molar-refractivity contribution is 5.82. The first-order chi connectivity index (χ1) is 8.33. The smallest absolute Gasteiger partial charge is 0.243 e. The second kappa shape index (κ2) is 11.3. The van der Waals surface area contributed by atoms with E-state index in [4.69, 9.17) is 21.9 Å². The Morgan fingerprint density at radius 1 is 0.722 bits per heavy atom. The number of amides is 4. The predicted molar refractivity (Wildman–Crippen MR) is 56.7 cm³/mol. The minimum Gasteiger partial charge on any atom is -0.370 e. The fourth-order valence-electron chi connectivity index (χ4n) is 0.585. The van der Waals surface area contributed by atoms with Crippen LogP contribution in [0.3, 0.4) is 0 Å². The first-order valence-corrected chi connectivity index (χ1v) is 4.76. The quantitative estimate of drug-likeness (QED) is 0.227. The van der Waals surface area contributed by atoms with Crippen molar-refractivity contribution in [1.29, 1.82) is 0 Å². The summed E-state index contributed by atoms with van der Waals surface area (Å²) in [4.78, 5) is 40.3. The Kier molecular flexibility index (Phi) is 11.4. The maximum Gasteiger partial charge on any atom is 0.243 e. The largest absolute Gasteiger partial charge is 0.370 e. The SMILES string of the molecule is NC(=O)CCC(=O)NO.NC(=O)CCC(=O)NO. The Morgan fingerprint density at radius 3 is 1.17 bits per heavy atom. The number of hydrogen-bond acceptors (Lipinski definition) is 6. The summed E-state index contributed by atoms with van der Waals surface area (Å²) in [6, 6.07) is 0. The van der Waals surface area contributed by atoms with E-state index < -0.39 is 23.6 Å². The molecule has 18 heavy (non-hydrogen) atoms. The number of hydrogen-bond donors (Lipinski definition) is 6. The molecule has 8 N–H and O–H groups in total. The highest BCUT2D eigenvalue weighted by atomic mass is 16.5. The number of rotatable bonds is 6. The van der Waals surface area contributed by atoms with E-state index >= 15 is 0 Å². The van der Waals surface area contributed by atoms with Crippen LogP contribution in [0.5, 0.6) is 0 Å². The van der Waals surface area contributed by atoms with Crippen molar-refractivity contribution in [3.63, 3.8) is 0 Å². The lowest BCUT2D eigenvalue weighted by Crippen LogP contribution is -2.21. The molecule has 0 aliphatic heterocycles. The number of primary amides is 2. The molecule has 0 unspecified atom stereocenters. The number of nitrogens with one attached hydrogen (secondary N) is 2. The van der Waals surface area contributed by atoms with E-state index in [-0.39, 0.29) is 25.7 Å². The molecular formula is C8H16N4O6. The number of carbonyl (C=O) groups excluding carboxylic acids is 4. The van der Waals surface area contributed by atoms with Crippen LogP contribution in [0.2, 0.25) is 0 Å². The molecule has 0 spiro atoms. The van der Waals surface area contributed by atoms with Gasteiger partial charge >= 0.3 is 0 Å². The highest BCUT2D eigenvalue weighted by Crippen LogP contribution is 1.85. The van der Waals surface area contributed by atoms with Crippen molar-refractivity contribution in [2.75, 3.05) is 0 Å². The van der Waals surface area contributed by atoms with E-state index in [1.54, 1.807) is 0 Å². The van der Waals surface area contributed by atoms with Crippen molar-refractivity contribution < 1.29 is 29.6 Å². The molecule has 0 atom stereocenters. The summed E-state index contributed by atoms with van der Waals surface area (Å²) in [6.07, 6.45) is -0.198. The van der Waals surface area contributed by atoms with Gasteiger partial charge in [0.1, 0.15) is 0 Å². The summed E-state index contributed by atoms with van der Waals surface area (Å²) >= 11 is 0. The average Bonchev–Trinajstić information content (AvgIpc) is 2.33. The molecule has 10 heteroatoms. The van der Waals surface area contributed by atoms with Crippen molar-refractivity contribution in [2.45, 2.75) is 25.7 Å². The molecule has 0 aliphatic rings. The maximum absolute atomic E-state index is 10.1. The molecule has 10 nitrogen and oxygen atoms in total. The second-order valence-electron chi connectivity index (χ2n) is 3.00. The van der Waals surface area contributed by atoms with Gasteiger partial charge in [0.15, 0.2) is 0 Å². The average molecular weight is 264 g/mol. The van der Waals surface area contributed by atoms with E-state index in [1.165, 1.54) is 11.0 Å². The third-order valence-corrected chi connectivity index (χ3v) is 1.45. The summed E-state index contributed by atoms with van der Waals surface area (Å²) in [6.45, 7) is 0. The Bertz CT molecular complexity index is 276. The Labute approximate surface area is 102 Å². The van der Waals surface area contributed by atoms with E-state index in [2.05, 4.69) is 0 Å². The van der Waals surface area contributed by atoms with E-state index in [0.29, 0.717) is 0 Å². The fourth-order valence-corrected chi connectivity index (χ4v) is 0.585. The van der Waals surface area contributed by atoms with Crippen LogP contribution in [-0.2, 0) is 19.2 Å². The van der Waals surface area contributed by atoms with Crippen LogP contribution in [0.25, 0.3) is 0 Å². The van der Waals surface area contributed by atoms with Crippen LogP contribution < -0.4 is 22.4 Å². The van der Waals surface area contributed by atoms with Gasteiger partial charge in [-0.25, -0.2) is 11.0 Å². The molecule has 0 saturated heterocycles. The molecule has 0 fully saturated rings. The van der Waals surface area contributed by atoms with Crippen molar-refractivity contribution in [2.24, 2.45) is 11.5 Å². The van der Waals surface area contributed by atoms with Crippen LogP contribution >= 0.6 is 0 Å². The standard InChI is InChI=1S/2C4H8N2O3/c2*5-3(7)1-2-4(8)6-9/h2*9H,1-2H2,(H2,5,7)(H,6,8). The van der Waals surface area contributed by atoms with Crippen LogP contribution in [0.1, 0.15) is 25.7 Å². The fraction of sp³-hybridized carbons (Fsp3) is 0.500. The van der Waals surface area contributed by atoms with Gasteiger partial charge in [-0.2, -0.15) is 0 Å². The van der Waals surface area contributed by atoms with Crippen LogP contribution in [0, 0.1) is 0 Å². The Hall–Kier alpha value is -2.20. The molecule has 0 aromatic rings. The monoisotopic (exact) mass is 264 g/mol. The highest BCUT2D eigenvalue weighted by Gasteiger charge is 2.01. The molecule has 0 aromatic carbocycles. The van der Waals surface area contributed by atoms with Crippen LogP contribution in [0.15, 0.2) is 0 Å². The topological polar surface area (TPSA) is 185 Å². The van der Waals surface area contributed by atoms with E-state index in [0.717, 1.165) is 0 Å². The van der Waals surface area contributed by atoms with E-state index in [1.807, 2.05) is 0 Å². The van der Waals surface area contributed by atoms with Crippen LogP contribution in [-0.4, -0.2) is 34.0 Å². The number of nitrogens with two attached hydrogens (primary N) is 2. The Morgan fingerprint density at radius 2 is 1.00 bits per heavy atom. The summed E-state index contributed by atoms with van der Waals surface area (Å²) in [7, 11) is 0. The minimum atomic E-state index is -0.603. The van der Waals surface area contributed by atoms with E-state index in [9.17, 15) is 19.2 Å². The molecule has 0 aromatic heterocycles. The molecule has 0 saturated carbocycles. The predicted octanol–water partition coefficient (Wildman–Crippen LogP) is -2.49. The number of carbonyl (C=O) groups is 4. The van der Waals surface area contributed by atoms with Gasteiger partial charge in [0.2, 0.25) is 23.6 Å². The van der Waals surface area contributed by atoms with Crippen LogP contribution in [0.4, 0.5) is 0 Å². The first kappa shape index (κ1) is 18.2. The van der Waals surface area contributed by atoms with Gasteiger partial charge in [-0.15, -0.1) is 0 Å². The molecule has 0 heterocycles. The summed E-state index contributed by atoms with van der Waals surface area (Å²) < 4.78 is 0. The molecule has 0 bridgehead atoms. The van der Waals surface area contributed by atoms with Gasteiger partial charge in [-0.05, 0) is 0 Å². The minimum absolute atomic E-state index is 0.0353. The zero-order valence-electron chi connectivity index (χ0n) is 9.51. The van der Waals surface area contributed by atoms with Gasteiger partial charge in [0.05, 0.1) is 0 Å². The molecule has 104 valence electrons. The van der Waals surface area contributed by atoms with Gasteiger partial charge in [-0.1, -0.05) is 0 Å². The van der Waals surface area contributed by atoms with Crippen molar-refractivity contribution >= 4 is 23.6 Å². The zero-order chi connectivity index (χ0) is 14.6. The van der Waals surface area contributed by atoms with Gasteiger partial charge in [-0.3, -0.25) is 29.6 Å². The van der Waals surface area contributed by atoms with Crippen molar-refractivity contribution in [1.82, 2.24) is 11.0 Å². The summed E-state index contributed by atoms with van der Waals surface area (Å²) in [5, 5.41) is 15.8. The Balaban J connectivity index is 0. The third-order valence-electron chi connectivity index (χ3n) is 1.45. The van der Waals surface area contributed by atoms with Crippen molar-refractivity contribution in [3.05, 3.63) is 0 Å². The maximum atomic E-state index is 10.1. The van der Waals surface area contributed by atoms with Gasteiger partial charge in [0, 0.05) is 25.7 Å². The molecule has 0 rings (SSSR count). The lowest BCUT2D eigenvalue weighted by Gasteiger charge is -1.92. The first-order valence-electron chi connectivity index (χ1n) is 4.76. The van der Waals surface area contributed by atoms with Gasteiger partial charge < -0.3 is 11.5 Å². The molecule has 0 radical (unpaired) electrons. The van der Waals surface area contributed by atoms with Crippen molar-refractivity contribution in [3.8, 4) is 0 Å². The lowest BCUT2D eigenvalue weighted by molar-refractivity contribution is -0.131. The second-order valence-corrected chi connectivity index (χ2v) is 3.00. The molecular weight excluding hydrogens is 248 g/mol. The molecule has 4 amide bonds. The lowest BCUT2D eigenvalue weighted by atomic mass is 10.3. The summed E-state index contributed by atoms with van der Waals surface area (Å²) in [5.41, 5.74) is 12.1. The third kappa shape index (κ3) is 16.2. The normalized spacial score (nSPS) is 8.56. The number of hydroxylamine groups is 2. The zero-order valence-corrected chi connectivity index (χ0v) is 9.51. The van der Waals surface area contributed by atoms with Gasteiger partial charge in [0.25, 0.3) is 0 Å². The summed E-state index contributed by atoms with van der Waals surface area (Å²) in [5.74, 6) is -2.32. The molecule has 0 aliphatic carbocycles.